The number of nitrogens with zero attached hydrogens (tertiary/aromatic N) is 4. The second kappa shape index (κ2) is 8.10. The minimum atomic E-state index is -0.650. The summed E-state index contributed by atoms with van der Waals surface area (Å²) in [5, 5.41) is 20.0. The van der Waals surface area contributed by atoms with Gasteiger partial charge in [-0.05, 0) is 24.1 Å². The first-order chi connectivity index (χ1) is 15.5. The molecule has 0 bridgehead atoms. The number of benzene rings is 1. The normalized spacial score (nSPS) is 19.8. The highest BCUT2D eigenvalue weighted by molar-refractivity contribution is 7.14. The van der Waals surface area contributed by atoms with Crippen molar-refractivity contribution in [3.05, 3.63) is 62.8 Å². The summed E-state index contributed by atoms with van der Waals surface area (Å²) >= 11 is 1.23. The van der Waals surface area contributed by atoms with E-state index in [1.54, 1.807) is 27.8 Å². The molecule has 2 aliphatic rings. The Morgan fingerprint density at radius 1 is 1.19 bits per heavy atom. The molecule has 2 aliphatic heterocycles. The number of halogens is 1. The summed E-state index contributed by atoms with van der Waals surface area (Å²) in [5.74, 6) is -1.26. The molecule has 166 valence electrons. The van der Waals surface area contributed by atoms with Crippen LogP contribution < -0.4 is 5.43 Å². The van der Waals surface area contributed by atoms with Crippen LogP contribution in [0.2, 0.25) is 0 Å². The van der Waals surface area contributed by atoms with Crippen molar-refractivity contribution >= 4 is 17.2 Å². The minimum absolute atomic E-state index is 0.00463. The van der Waals surface area contributed by atoms with Gasteiger partial charge in [-0.2, -0.15) is 0 Å². The third-order valence-corrected chi connectivity index (χ3v) is 6.84. The molecule has 8 nitrogen and oxygen atoms in total. The van der Waals surface area contributed by atoms with E-state index in [-0.39, 0.29) is 35.1 Å². The average Bonchev–Trinajstić information content (AvgIpc) is 3.45. The molecular formula is C22H21FN4O4S. The Morgan fingerprint density at radius 3 is 2.69 bits per heavy atom. The van der Waals surface area contributed by atoms with Gasteiger partial charge < -0.3 is 19.3 Å². The fraction of sp³-hybridized carbons (Fsp3) is 0.364. The highest BCUT2D eigenvalue weighted by Crippen LogP contribution is 2.36. The summed E-state index contributed by atoms with van der Waals surface area (Å²) in [6.45, 7) is 3.31. The molecular weight excluding hydrogens is 435 g/mol. The molecule has 1 unspecified atom stereocenters. The number of fused-ring (bicyclic) bond motifs is 3. The molecule has 32 heavy (non-hydrogen) atoms. The van der Waals surface area contributed by atoms with Crippen molar-refractivity contribution in [2.75, 3.05) is 19.8 Å². The number of carbonyl (C=O) groups is 1. The van der Waals surface area contributed by atoms with E-state index in [9.17, 15) is 19.1 Å². The average molecular weight is 456 g/mol. The maximum Gasteiger partial charge on any atom is 0.274 e. The van der Waals surface area contributed by atoms with Crippen LogP contribution in [0.5, 0.6) is 5.75 Å². The van der Waals surface area contributed by atoms with Crippen molar-refractivity contribution < 1.29 is 19.0 Å². The summed E-state index contributed by atoms with van der Waals surface area (Å²) in [7, 11) is 0. The van der Waals surface area contributed by atoms with Crippen molar-refractivity contribution in [1.82, 2.24) is 19.7 Å². The fourth-order valence-corrected chi connectivity index (χ4v) is 5.23. The molecule has 0 spiro atoms. The number of aromatic hydroxyl groups is 1. The van der Waals surface area contributed by atoms with Crippen molar-refractivity contribution in [3.8, 4) is 16.3 Å². The molecule has 1 fully saturated rings. The number of pyridine rings is 1. The van der Waals surface area contributed by atoms with E-state index >= 15 is 0 Å². The monoisotopic (exact) mass is 456 g/mol. The Labute approximate surface area is 186 Å². The van der Waals surface area contributed by atoms with Gasteiger partial charge in [-0.1, -0.05) is 30.4 Å². The van der Waals surface area contributed by atoms with Crippen molar-refractivity contribution in [1.29, 1.82) is 0 Å². The van der Waals surface area contributed by atoms with E-state index < -0.39 is 11.2 Å². The highest BCUT2D eigenvalue weighted by Gasteiger charge is 2.44. The SMILES string of the molecule is CCCN1C(=O)c2c(O)c(=O)c(-c3nnc(Cc4ccc(F)cc4)s3)cn2C2COC[C@@H]21. The Morgan fingerprint density at radius 2 is 1.94 bits per heavy atom. The molecule has 5 rings (SSSR count). The third-order valence-electron chi connectivity index (χ3n) is 5.88. The van der Waals surface area contributed by atoms with E-state index in [1.807, 2.05) is 6.92 Å². The van der Waals surface area contributed by atoms with Crippen LogP contribution in [0.4, 0.5) is 4.39 Å². The van der Waals surface area contributed by atoms with Crippen LogP contribution in [0.1, 0.15) is 40.4 Å². The zero-order valence-corrected chi connectivity index (χ0v) is 18.1. The van der Waals surface area contributed by atoms with Gasteiger partial charge in [-0.25, -0.2) is 4.39 Å². The molecule has 3 aromatic rings. The van der Waals surface area contributed by atoms with Gasteiger partial charge in [0.25, 0.3) is 5.91 Å². The standard InChI is InChI=1S/C22H21FN4O4S/c1-2-7-26-15-10-31-11-16(15)27-9-14(19(28)20(29)18(27)22(26)30)21-25-24-17(32-21)8-12-3-5-13(23)6-4-12/h3-6,9,15-16,29H,2,7-8,10-11H2,1H3/t15-,16?/m0/s1. The van der Waals surface area contributed by atoms with Gasteiger partial charge in [0.05, 0.1) is 30.9 Å². The van der Waals surface area contributed by atoms with Gasteiger partial charge in [0.15, 0.2) is 16.5 Å². The Balaban J connectivity index is 1.54. The maximum absolute atomic E-state index is 13.1. The predicted molar refractivity (Wildman–Crippen MR) is 115 cm³/mol. The topological polar surface area (TPSA) is 97.5 Å². The van der Waals surface area contributed by atoms with Crippen molar-refractivity contribution in [2.45, 2.75) is 31.8 Å². The Bertz CT molecular complexity index is 1240. The molecule has 0 radical (unpaired) electrons. The number of amides is 1. The lowest BCUT2D eigenvalue weighted by Gasteiger charge is -2.39. The lowest BCUT2D eigenvalue weighted by Crippen LogP contribution is -2.51. The zero-order valence-electron chi connectivity index (χ0n) is 17.3. The number of ether oxygens (including phenoxy) is 1. The first kappa shape index (κ1) is 20.8. The second-order valence-electron chi connectivity index (χ2n) is 7.95. The number of rotatable bonds is 5. The Kier molecular flexibility index (Phi) is 5.26. The largest absolute Gasteiger partial charge is 0.503 e. The van der Waals surface area contributed by atoms with Crippen LogP contribution in [0, 0.1) is 5.82 Å². The van der Waals surface area contributed by atoms with Gasteiger partial charge in [-0.3, -0.25) is 9.59 Å². The molecule has 2 aromatic heterocycles. The smallest absolute Gasteiger partial charge is 0.274 e. The molecule has 10 heteroatoms. The third kappa shape index (κ3) is 3.39. The van der Waals surface area contributed by atoms with Gasteiger partial charge in [0.2, 0.25) is 5.43 Å². The molecule has 1 saturated heterocycles. The molecule has 2 atom stereocenters. The molecule has 1 amide bonds. The number of hydrogen-bond acceptors (Lipinski definition) is 7. The van der Waals surface area contributed by atoms with Gasteiger partial charge in [-0.15, -0.1) is 10.2 Å². The quantitative estimate of drug-likeness (QED) is 0.634. The van der Waals surface area contributed by atoms with Crippen molar-refractivity contribution in [2.24, 2.45) is 0 Å². The zero-order chi connectivity index (χ0) is 22.4. The lowest BCUT2D eigenvalue weighted by molar-refractivity contribution is 0.0556. The summed E-state index contributed by atoms with van der Waals surface area (Å²) in [4.78, 5) is 27.8. The Hall–Kier alpha value is -3.11. The van der Waals surface area contributed by atoms with E-state index in [0.717, 1.165) is 12.0 Å². The lowest BCUT2D eigenvalue weighted by atomic mass is 10.0. The van der Waals surface area contributed by atoms with Gasteiger partial charge >= 0.3 is 0 Å². The van der Waals surface area contributed by atoms with Crippen LogP contribution in [0.25, 0.3) is 10.6 Å². The van der Waals surface area contributed by atoms with Gasteiger partial charge in [0.1, 0.15) is 10.8 Å². The predicted octanol–water partition coefficient (Wildman–Crippen LogP) is 2.61. The molecule has 0 saturated carbocycles. The van der Waals surface area contributed by atoms with Gasteiger partial charge in [0, 0.05) is 19.2 Å². The summed E-state index contributed by atoms with van der Waals surface area (Å²) in [6, 6.07) is 5.77. The molecule has 1 aromatic carbocycles. The van der Waals surface area contributed by atoms with Crippen LogP contribution in [0.15, 0.2) is 35.3 Å². The minimum Gasteiger partial charge on any atom is -0.503 e. The summed E-state index contributed by atoms with van der Waals surface area (Å²) in [6.07, 6.45) is 2.80. The van der Waals surface area contributed by atoms with E-state index in [0.29, 0.717) is 36.2 Å². The van der Waals surface area contributed by atoms with Crippen LogP contribution >= 0.6 is 11.3 Å². The fourth-order valence-electron chi connectivity index (χ4n) is 4.35. The van der Waals surface area contributed by atoms with Crippen LogP contribution in [0.3, 0.4) is 0 Å². The summed E-state index contributed by atoms with van der Waals surface area (Å²) in [5.41, 5.74) is 0.404. The molecule has 1 N–H and O–H groups in total. The second-order valence-corrected chi connectivity index (χ2v) is 9.01. The van der Waals surface area contributed by atoms with Crippen LogP contribution in [-0.2, 0) is 11.2 Å². The first-order valence-corrected chi connectivity index (χ1v) is 11.2. The first-order valence-electron chi connectivity index (χ1n) is 10.4. The number of carbonyl (C=O) groups excluding carboxylic acids is 1. The van der Waals surface area contributed by atoms with E-state index in [1.165, 1.54) is 23.5 Å². The van der Waals surface area contributed by atoms with E-state index in [2.05, 4.69) is 10.2 Å². The van der Waals surface area contributed by atoms with Crippen LogP contribution in [-0.4, -0.2) is 56.5 Å². The van der Waals surface area contributed by atoms with E-state index in [4.69, 9.17) is 4.74 Å². The summed E-state index contributed by atoms with van der Waals surface area (Å²) < 4.78 is 20.4. The molecule has 4 heterocycles. The van der Waals surface area contributed by atoms with Crippen molar-refractivity contribution in [3.63, 3.8) is 0 Å². The maximum atomic E-state index is 13.1. The number of hydrogen-bond donors (Lipinski definition) is 1. The molecule has 0 aliphatic carbocycles. The highest BCUT2D eigenvalue weighted by atomic mass is 32.1. The number of aromatic nitrogens is 3.